The molecule has 0 unspecified atom stereocenters. The number of H-pyrrole nitrogens is 1. The van der Waals surface area contributed by atoms with Crippen LogP contribution in [-0.2, 0) is 6.54 Å². The molecule has 0 amide bonds. The van der Waals surface area contributed by atoms with E-state index in [1.807, 2.05) is 19.1 Å². The Morgan fingerprint density at radius 2 is 1.90 bits per heavy atom. The molecule has 1 aliphatic rings. The van der Waals surface area contributed by atoms with Crippen LogP contribution in [-0.4, -0.2) is 34.1 Å². The molecule has 0 saturated carbocycles. The fourth-order valence-corrected chi connectivity index (χ4v) is 2.82. The predicted octanol–water partition coefficient (Wildman–Crippen LogP) is 1.09. The zero-order chi connectivity index (χ0) is 14.1. The van der Waals surface area contributed by atoms with E-state index in [0.29, 0.717) is 17.4 Å². The Morgan fingerprint density at radius 3 is 2.65 bits per heavy atom. The van der Waals surface area contributed by atoms with Crippen LogP contribution >= 0.6 is 0 Å². The topological polar surface area (TPSA) is 58.1 Å². The number of benzene rings is 1. The molecule has 1 aromatic carbocycles. The summed E-state index contributed by atoms with van der Waals surface area (Å²) in [5.74, 6) is 0. The maximum absolute atomic E-state index is 12.4. The highest BCUT2D eigenvalue weighted by Gasteiger charge is 2.13. The van der Waals surface area contributed by atoms with Crippen molar-refractivity contribution >= 4 is 10.9 Å². The van der Waals surface area contributed by atoms with E-state index < -0.39 is 0 Å². The predicted molar refractivity (Wildman–Crippen MR) is 79.2 cm³/mol. The van der Waals surface area contributed by atoms with Crippen molar-refractivity contribution in [2.45, 2.75) is 26.3 Å². The van der Waals surface area contributed by atoms with Crippen molar-refractivity contribution in [1.29, 1.82) is 0 Å². The van der Waals surface area contributed by atoms with Crippen LogP contribution in [0.2, 0.25) is 0 Å². The number of rotatable bonds is 3. The molecule has 1 saturated heterocycles. The van der Waals surface area contributed by atoms with Gasteiger partial charge in [0.1, 0.15) is 0 Å². The van der Waals surface area contributed by atoms with Crippen molar-refractivity contribution in [3.63, 3.8) is 0 Å². The monoisotopic (exact) mass is 273 g/mol. The molecule has 2 aromatic rings. The van der Waals surface area contributed by atoms with E-state index in [0.717, 1.165) is 25.2 Å². The third kappa shape index (κ3) is 2.41. The van der Waals surface area contributed by atoms with Gasteiger partial charge in [-0.25, -0.2) is 4.79 Å². The Labute approximate surface area is 116 Å². The number of aryl methyl sites for hydroxylation is 1. The fraction of sp³-hybridized carbons (Fsp3) is 0.467. The zero-order valence-corrected chi connectivity index (χ0v) is 11.7. The first kappa shape index (κ1) is 13.1. The minimum Gasteiger partial charge on any atom is -0.307 e. The van der Waals surface area contributed by atoms with Crippen molar-refractivity contribution < 1.29 is 0 Å². The third-order valence-electron chi connectivity index (χ3n) is 3.98. The van der Waals surface area contributed by atoms with E-state index in [9.17, 15) is 9.59 Å². The van der Waals surface area contributed by atoms with Crippen LogP contribution in [0.5, 0.6) is 0 Å². The molecule has 0 bridgehead atoms. The van der Waals surface area contributed by atoms with Crippen molar-refractivity contribution in [3.05, 3.63) is 44.6 Å². The SMILES string of the molecule is Cc1ccc2[nH]c(=O)n(CCN3CCCC3)c(=O)c2c1. The molecule has 1 aromatic heterocycles. The van der Waals surface area contributed by atoms with Gasteiger partial charge in [0.15, 0.2) is 0 Å². The van der Waals surface area contributed by atoms with Gasteiger partial charge in [-0.2, -0.15) is 0 Å². The largest absolute Gasteiger partial charge is 0.328 e. The van der Waals surface area contributed by atoms with Gasteiger partial charge in [-0.05, 0) is 45.0 Å². The molecule has 1 fully saturated rings. The molecular formula is C15H19N3O2. The van der Waals surface area contributed by atoms with Crippen LogP contribution in [0.3, 0.4) is 0 Å². The molecule has 0 spiro atoms. The fourth-order valence-electron chi connectivity index (χ4n) is 2.82. The van der Waals surface area contributed by atoms with Crippen LogP contribution in [0, 0.1) is 6.92 Å². The number of aromatic nitrogens is 2. The van der Waals surface area contributed by atoms with Gasteiger partial charge in [-0.3, -0.25) is 9.36 Å². The second-order valence-corrected chi connectivity index (χ2v) is 5.48. The summed E-state index contributed by atoms with van der Waals surface area (Å²) in [5, 5.41) is 0.589. The summed E-state index contributed by atoms with van der Waals surface area (Å²) >= 11 is 0. The molecule has 5 nitrogen and oxygen atoms in total. The minimum atomic E-state index is -0.314. The molecule has 0 aliphatic carbocycles. The van der Waals surface area contributed by atoms with E-state index in [4.69, 9.17) is 0 Å². The summed E-state index contributed by atoms with van der Waals surface area (Å²) in [6.07, 6.45) is 2.42. The summed E-state index contributed by atoms with van der Waals surface area (Å²) in [6, 6.07) is 5.52. The van der Waals surface area contributed by atoms with E-state index in [-0.39, 0.29) is 11.2 Å². The van der Waals surface area contributed by atoms with Crippen LogP contribution < -0.4 is 11.2 Å². The number of hydrogen-bond acceptors (Lipinski definition) is 3. The van der Waals surface area contributed by atoms with Gasteiger partial charge >= 0.3 is 5.69 Å². The minimum absolute atomic E-state index is 0.188. The highest BCUT2D eigenvalue weighted by atomic mass is 16.2. The van der Waals surface area contributed by atoms with Gasteiger partial charge in [0, 0.05) is 13.1 Å². The number of hydrogen-bond donors (Lipinski definition) is 1. The summed E-state index contributed by atoms with van der Waals surface area (Å²) in [6.45, 7) is 5.30. The maximum Gasteiger partial charge on any atom is 0.328 e. The lowest BCUT2D eigenvalue weighted by molar-refractivity contribution is 0.318. The quantitative estimate of drug-likeness (QED) is 0.911. The second-order valence-electron chi connectivity index (χ2n) is 5.48. The average Bonchev–Trinajstić information content (AvgIpc) is 2.93. The Hall–Kier alpha value is -1.88. The number of fused-ring (bicyclic) bond motifs is 1. The molecule has 5 heteroatoms. The Bertz CT molecular complexity index is 739. The van der Waals surface area contributed by atoms with Gasteiger partial charge in [0.2, 0.25) is 0 Å². The van der Waals surface area contributed by atoms with Crippen molar-refractivity contribution in [3.8, 4) is 0 Å². The van der Waals surface area contributed by atoms with Crippen LogP contribution in [0.4, 0.5) is 0 Å². The first-order chi connectivity index (χ1) is 9.65. The molecule has 0 radical (unpaired) electrons. The molecular weight excluding hydrogens is 254 g/mol. The molecule has 0 atom stereocenters. The Kier molecular flexibility index (Phi) is 3.44. The van der Waals surface area contributed by atoms with Crippen molar-refractivity contribution in [2.75, 3.05) is 19.6 Å². The number of likely N-dealkylation sites (tertiary alicyclic amines) is 1. The first-order valence-electron chi connectivity index (χ1n) is 7.11. The average molecular weight is 273 g/mol. The third-order valence-corrected chi connectivity index (χ3v) is 3.98. The lowest BCUT2D eigenvalue weighted by Crippen LogP contribution is -2.38. The van der Waals surface area contributed by atoms with Crippen molar-refractivity contribution in [2.24, 2.45) is 0 Å². The van der Waals surface area contributed by atoms with E-state index in [1.54, 1.807) is 6.07 Å². The molecule has 1 N–H and O–H groups in total. The van der Waals surface area contributed by atoms with Crippen LogP contribution in [0.25, 0.3) is 10.9 Å². The second kappa shape index (κ2) is 5.25. The van der Waals surface area contributed by atoms with Gasteiger partial charge < -0.3 is 9.88 Å². The summed E-state index contributed by atoms with van der Waals surface area (Å²) in [5.41, 5.74) is 1.13. The molecule has 20 heavy (non-hydrogen) atoms. The van der Waals surface area contributed by atoms with Crippen molar-refractivity contribution in [1.82, 2.24) is 14.5 Å². The standard InChI is InChI=1S/C15H19N3O2/c1-11-4-5-13-12(10-11)14(19)18(15(20)16-13)9-8-17-6-2-3-7-17/h4-5,10H,2-3,6-9H2,1H3,(H,16,20). The van der Waals surface area contributed by atoms with Gasteiger partial charge in [-0.15, -0.1) is 0 Å². The number of nitrogens with zero attached hydrogens (tertiary/aromatic N) is 2. The zero-order valence-electron chi connectivity index (χ0n) is 11.7. The van der Waals surface area contributed by atoms with Crippen LogP contribution in [0.1, 0.15) is 18.4 Å². The Morgan fingerprint density at radius 1 is 1.15 bits per heavy atom. The lowest BCUT2D eigenvalue weighted by Gasteiger charge is -2.15. The summed E-state index contributed by atoms with van der Waals surface area (Å²) in [7, 11) is 0. The molecule has 1 aliphatic heterocycles. The smallest absolute Gasteiger partial charge is 0.307 e. The summed E-state index contributed by atoms with van der Waals surface area (Å²) < 4.78 is 1.32. The highest BCUT2D eigenvalue weighted by molar-refractivity contribution is 5.77. The molecule has 3 rings (SSSR count). The first-order valence-corrected chi connectivity index (χ1v) is 7.11. The van der Waals surface area contributed by atoms with Gasteiger partial charge in [-0.1, -0.05) is 11.6 Å². The van der Waals surface area contributed by atoms with Gasteiger partial charge in [0.05, 0.1) is 10.9 Å². The number of nitrogens with one attached hydrogen (secondary N) is 1. The van der Waals surface area contributed by atoms with E-state index in [2.05, 4.69) is 9.88 Å². The highest BCUT2D eigenvalue weighted by Crippen LogP contribution is 2.08. The Balaban J connectivity index is 1.97. The molecule has 2 heterocycles. The number of aromatic amines is 1. The van der Waals surface area contributed by atoms with E-state index in [1.165, 1.54) is 17.4 Å². The van der Waals surface area contributed by atoms with Gasteiger partial charge in [0.25, 0.3) is 5.56 Å². The van der Waals surface area contributed by atoms with Crippen LogP contribution in [0.15, 0.2) is 27.8 Å². The lowest BCUT2D eigenvalue weighted by atomic mass is 10.2. The maximum atomic E-state index is 12.4. The molecule has 106 valence electrons. The van der Waals surface area contributed by atoms with E-state index >= 15 is 0 Å². The normalized spacial score (nSPS) is 16.1. The summed E-state index contributed by atoms with van der Waals surface area (Å²) in [4.78, 5) is 29.6.